The number of rotatable bonds is 2. The quantitative estimate of drug-likeness (QED) is 0.846. The molecule has 0 saturated heterocycles. The van der Waals surface area contributed by atoms with E-state index in [1.807, 2.05) is 22.6 Å². The molecule has 78 valence electrons. The lowest BCUT2D eigenvalue weighted by Gasteiger charge is -2.12. The van der Waals surface area contributed by atoms with Crippen LogP contribution in [0.4, 0.5) is 18.9 Å². The predicted molar refractivity (Wildman–Crippen MR) is 55.4 cm³/mol. The topological polar surface area (TPSA) is 21.3 Å². The Kier molecular flexibility index (Phi) is 3.46. The van der Waals surface area contributed by atoms with Crippen molar-refractivity contribution < 1.29 is 17.9 Å². The molecule has 0 unspecified atom stereocenters. The molecule has 0 radical (unpaired) electrons. The van der Waals surface area contributed by atoms with Gasteiger partial charge in [0.25, 0.3) is 0 Å². The first kappa shape index (κ1) is 11.4. The monoisotopic (exact) mass is 317 g/mol. The third-order valence-corrected chi connectivity index (χ3v) is 2.11. The Morgan fingerprint density at radius 2 is 2.00 bits per heavy atom. The number of ether oxygens (including phenoxy) is 1. The highest BCUT2D eigenvalue weighted by atomic mass is 127. The van der Waals surface area contributed by atoms with Crippen LogP contribution in [0, 0.1) is 3.57 Å². The van der Waals surface area contributed by atoms with Crippen molar-refractivity contribution in [2.45, 2.75) is 6.36 Å². The van der Waals surface area contributed by atoms with Crippen molar-refractivity contribution >= 4 is 28.3 Å². The maximum Gasteiger partial charge on any atom is 0.573 e. The molecule has 0 aromatic heterocycles. The van der Waals surface area contributed by atoms with Crippen molar-refractivity contribution in [2.24, 2.45) is 0 Å². The molecular weight excluding hydrogens is 310 g/mol. The van der Waals surface area contributed by atoms with Gasteiger partial charge in [-0.15, -0.1) is 13.2 Å². The van der Waals surface area contributed by atoms with E-state index >= 15 is 0 Å². The number of hydrogen-bond donors (Lipinski definition) is 1. The molecule has 1 N–H and O–H groups in total. The third kappa shape index (κ3) is 3.24. The van der Waals surface area contributed by atoms with Crippen LogP contribution in [0.15, 0.2) is 18.2 Å². The van der Waals surface area contributed by atoms with Crippen LogP contribution in [0.25, 0.3) is 0 Å². The minimum absolute atomic E-state index is 0.216. The van der Waals surface area contributed by atoms with Gasteiger partial charge in [-0.2, -0.15) is 0 Å². The molecule has 1 aromatic carbocycles. The van der Waals surface area contributed by atoms with Gasteiger partial charge in [0, 0.05) is 10.6 Å². The average molecular weight is 317 g/mol. The molecule has 0 bridgehead atoms. The highest BCUT2D eigenvalue weighted by Crippen LogP contribution is 2.31. The van der Waals surface area contributed by atoms with Crippen molar-refractivity contribution in [1.82, 2.24) is 0 Å². The molecule has 0 heterocycles. The van der Waals surface area contributed by atoms with Crippen LogP contribution in [0.5, 0.6) is 5.75 Å². The second kappa shape index (κ2) is 4.24. The first-order valence-corrected chi connectivity index (χ1v) is 4.73. The molecule has 0 spiro atoms. The first-order valence-electron chi connectivity index (χ1n) is 3.65. The number of alkyl halides is 3. The smallest absolute Gasteiger partial charge is 0.404 e. The van der Waals surface area contributed by atoms with E-state index in [2.05, 4.69) is 10.1 Å². The molecule has 14 heavy (non-hydrogen) atoms. The zero-order chi connectivity index (χ0) is 10.8. The molecule has 1 rings (SSSR count). The number of benzene rings is 1. The molecule has 0 saturated carbocycles. The zero-order valence-corrected chi connectivity index (χ0v) is 9.31. The van der Waals surface area contributed by atoms with E-state index in [0.717, 1.165) is 0 Å². The molecule has 0 aliphatic rings. The fourth-order valence-corrected chi connectivity index (χ4v) is 1.37. The molecule has 6 heteroatoms. The minimum Gasteiger partial charge on any atom is -0.404 e. The maximum absolute atomic E-state index is 11.9. The van der Waals surface area contributed by atoms with Crippen molar-refractivity contribution in [3.8, 4) is 5.75 Å². The largest absolute Gasteiger partial charge is 0.573 e. The average Bonchev–Trinajstić information content (AvgIpc) is 2.01. The fraction of sp³-hybridized carbons (Fsp3) is 0.250. The molecule has 2 nitrogen and oxygen atoms in total. The van der Waals surface area contributed by atoms with Gasteiger partial charge in [0.2, 0.25) is 0 Å². The second-order valence-electron chi connectivity index (χ2n) is 2.44. The predicted octanol–water partition coefficient (Wildman–Crippen LogP) is 3.23. The Labute approximate surface area is 92.6 Å². The molecule has 0 fully saturated rings. The van der Waals surface area contributed by atoms with Gasteiger partial charge >= 0.3 is 6.36 Å². The van der Waals surface area contributed by atoms with E-state index < -0.39 is 6.36 Å². The Bertz CT molecular complexity index is 327. The van der Waals surface area contributed by atoms with Crippen molar-refractivity contribution in [1.29, 1.82) is 0 Å². The number of hydrogen-bond acceptors (Lipinski definition) is 2. The third-order valence-electron chi connectivity index (χ3n) is 1.44. The van der Waals surface area contributed by atoms with E-state index in [1.54, 1.807) is 6.07 Å². The van der Waals surface area contributed by atoms with Gasteiger partial charge in [-0.25, -0.2) is 0 Å². The Hall–Kier alpha value is -0.660. The van der Waals surface area contributed by atoms with Crippen LogP contribution in [0.3, 0.4) is 0 Å². The van der Waals surface area contributed by atoms with Gasteiger partial charge in [0.15, 0.2) is 5.75 Å². The lowest BCUT2D eigenvalue weighted by Crippen LogP contribution is -2.18. The second-order valence-corrected chi connectivity index (χ2v) is 3.68. The van der Waals surface area contributed by atoms with Gasteiger partial charge in [0.1, 0.15) is 0 Å². The Morgan fingerprint density at radius 3 is 2.50 bits per heavy atom. The lowest BCUT2D eigenvalue weighted by atomic mass is 10.3. The van der Waals surface area contributed by atoms with Crippen LogP contribution in [0.2, 0.25) is 0 Å². The summed E-state index contributed by atoms with van der Waals surface area (Å²) in [7, 11) is 1.53. The molecule has 0 amide bonds. The first-order chi connectivity index (χ1) is 6.42. The van der Waals surface area contributed by atoms with E-state index in [4.69, 9.17) is 0 Å². The van der Waals surface area contributed by atoms with E-state index in [0.29, 0.717) is 9.26 Å². The molecule has 0 aliphatic carbocycles. The van der Waals surface area contributed by atoms with E-state index in [9.17, 15) is 13.2 Å². The highest BCUT2D eigenvalue weighted by molar-refractivity contribution is 14.1. The van der Waals surface area contributed by atoms with Gasteiger partial charge in [-0.3, -0.25) is 0 Å². The fourth-order valence-electron chi connectivity index (χ4n) is 0.912. The normalized spacial score (nSPS) is 11.2. The van der Waals surface area contributed by atoms with E-state index in [-0.39, 0.29) is 5.75 Å². The summed E-state index contributed by atoms with van der Waals surface area (Å²) < 4.78 is 40.3. The summed E-state index contributed by atoms with van der Waals surface area (Å²) >= 11 is 1.91. The van der Waals surface area contributed by atoms with Gasteiger partial charge in [-0.1, -0.05) is 0 Å². The number of anilines is 1. The van der Waals surface area contributed by atoms with Crippen LogP contribution >= 0.6 is 22.6 Å². The molecule has 0 aliphatic heterocycles. The lowest BCUT2D eigenvalue weighted by molar-refractivity contribution is -0.274. The summed E-state index contributed by atoms with van der Waals surface area (Å²) in [4.78, 5) is 0. The Morgan fingerprint density at radius 1 is 1.36 bits per heavy atom. The standard InChI is InChI=1S/C8H7F3INO/c1-13-6-3-2-5(12)4-7(6)14-8(9,10)11/h2-4,13H,1H3. The number of nitrogens with one attached hydrogen (secondary N) is 1. The summed E-state index contributed by atoms with van der Waals surface area (Å²) in [6.07, 6.45) is -4.66. The summed E-state index contributed by atoms with van der Waals surface area (Å²) in [6, 6.07) is 4.54. The minimum atomic E-state index is -4.66. The summed E-state index contributed by atoms with van der Waals surface area (Å²) in [5, 5.41) is 2.62. The SMILES string of the molecule is CNc1ccc(I)cc1OC(F)(F)F. The maximum atomic E-state index is 11.9. The number of halogens is 4. The Balaban J connectivity index is 2.99. The van der Waals surface area contributed by atoms with Crippen LogP contribution in [-0.2, 0) is 0 Å². The van der Waals surface area contributed by atoms with E-state index in [1.165, 1.54) is 19.2 Å². The van der Waals surface area contributed by atoms with Gasteiger partial charge in [-0.05, 0) is 40.8 Å². The van der Waals surface area contributed by atoms with Crippen molar-refractivity contribution in [2.75, 3.05) is 12.4 Å². The van der Waals surface area contributed by atoms with Gasteiger partial charge < -0.3 is 10.1 Å². The molecule has 1 aromatic rings. The van der Waals surface area contributed by atoms with Crippen molar-refractivity contribution in [3.05, 3.63) is 21.8 Å². The summed E-state index contributed by atoms with van der Waals surface area (Å²) in [6.45, 7) is 0. The summed E-state index contributed by atoms with van der Waals surface area (Å²) in [5.41, 5.74) is 0.308. The highest BCUT2D eigenvalue weighted by Gasteiger charge is 2.32. The van der Waals surface area contributed by atoms with Crippen LogP contribution in [-0.4, -0.2) is 13.4 Å². The van der Waals surface area contributed by atoms with Crippen LogP contribution < -0.4 is 10.1 Å². The molecule has 0 atom stereocenters. The zero-order valence-electron chi connectivity index (χ0n) is 7.15. The van der Waals surface area contributed by atoms with Crippen LogP contribution in [0.1, 0.15) is 0 Å². The summed E-state index contributed by atoms with van der Waals surface area (Å²) in [5.74, 6) is -0.216. The molecular formula is C8H7F3INO. The van der Waals surface area contributed by atoms with Crippen molar-refractivity contribution in [3.63, 3.8) is 0 Å². The van der Waals surface area contributed by atoms with Gasteiger partial charge in [0.05, 0.1) is 5.69 Å².